The Labute approximate surface area is 87.3 Å². The van der Waals surface area contributed by atoms with Crippen molar-refractivity contribution in [1.82, 2.24) is 15.1 Å². The van der Waals surface area contributed by atoms with Crippen molar-refractivity contribution >= 4 is 15.9 Å². The fourth-order valence-electron chi connectivity index (χ4n) is 0.947. The van der Waals surface area contributed by atoms with Gasteiger partial charge in [0.05, 0.1) is 17.5 Å². The zero-order valence-corrected chi connectivity index (χ0v) is 8.99. The van der Waals surface area contributed by atoms with Crippen molar-refractivity contribution in [2.24, 2.45) is 12.2 Å². The van der Waals surface area contributed by atoms with E-state index in [4.69, 9.17) is 5.14 Å². The monoisotopic (exact) mass is 232 g/mol. The van der Waals surface area contributed by atoms with Gasteiger partial charge in [-0.25, -0.2) is 13.6 Å². The van der Waals surface area contributed by atoms with E-state index in [-0.39, 0.29) is 18.2 Å². The fraction of sp³-hybridized carbons (Fsp3) is 0.429. The molecule has 0 atom stereocenters. The Kier molecular flexibility index (Phi) is 3.43. The zero-order valence-electron chi connectivity index (χ0n) is 8.17. The Bertz CT molecular complexity index is 451. The quantitative estimate of drug-likeness (QED) is 0.654. The molecule has 0 aliphatic rings. The van der Waals surface area contributed by atoms with E-state index in [9.17, 15) is 13.2 Å². The van der Waals surface area contributed by atoms with E-state index in [1.54, 1.807) is 7.05 Å². The first kappa shape index (κ1) is 11.7. The SMILES string of the molecule is Cn1cc(C(=O)NCCS(N)(=O)=O)cn1. The molecule has 0 saturated heterocycles. The summed E-state index contributed by atoms with van der Waals surface area (Å²) < 4.78 is 22.6. The fourth-order valence-corrected chi connectivity index (χ4v) is 1.33. The minimum absolute atomic E-state index is 0.00738. The van der Waals surface area contributed by atoms with Crippen LogP contribution in [0.25, 0.3) is 0 Å². The lowest BCUT2D eigenvalue weighted by Crippen LogP contribution is -2.31. The molecule has 0 radical (unpaired) electrons. The van der Waals surface area contributed by atoms with Crippen molar-refractivity contribution in [3.63, 3.8) is 0 Å². The molecule has 3 N–H and O–H groups in total. The first-order valence-corrected chi connectivity index (χ1v) is 5.87. The molecule has 7 nitrogen and oxygen atoms in total. The smallest absolute Gasteiger partial charge is 0.254 e. The van der Waals surface area contributed by atoms with Crippen LogP contribution in [0.15, 0.2) is 12.4 Å². The topological polar surface area (TPSA) is 107 Å². The van der Waals surface area contributed by atoms with E-state index in [1.807, 2.05) is 0 Å². The summed E-state index contributed by atoms with van der Waals surface area (Å²) in [5, 5.41) is 11.0. The van der Waals surface area contributed by atoms with Crippen LogP contribution >= 0.6 is 0 Å². The number of hydrogen-bond donors (Lipinski definition) is 2. The molecule has 1 aromatic heterocycles. The number of nitrogens with two attached hydrogens (primary N) is 1. The lowest BCUT2D eigenvalue weighted by molar-refractivity contribution is 0.0956. The highest BCUT2D eigenvalue weighted by atomic mass is 32.2. The lowest BCUT2D eigenvalue weighted by Gasteiger charge is -2.01. The summed E-state index contributed by atoms with van der Waals surface area (Å²) in [5.74, 6) is -0.648. The van der Waals surface area contributed by atoms with Gasteiger partial charge in [-0.15, -0.1) is 0 Å². The van der Waals surface area contributed by atoms with Gasteiger partial charge in [-0.1, -0.05) is 0 Å². The Balaban J connectivity index is 2.44. The van der Waals surface area contributed by atoms with Crippen molar-refractivity contribution in [3.05, 3.63) is 18.0 Å². The molecule has 0 fully saturated rings. The van der Waals surface area contributed by atoms with Crippen LogP contribution in [0.2, 0.25) is 0 Å². The average molecular weight is 232 g/mol. The molecule has 1 heterocycles. The molecule has 0 aromatic carbocycles. The third-order valence-corrected chi connectivity index (χ3v) is 2.41. The third-order valence-electron chi connectivity index (χ3n) is 1.64. The normalized spacial score (nSPS) is 11.3. The number of aromatic nitrogens is 2. The van der Waals surface area contributed by atoms with Gasteiger partial charge in [-0.3, -0.25) is 9.48 Å². The number of rotatable bonds is 4. The number of nitrogens with zero attached hydrogens (tertiary/aromatic N) is 2. The first-order chi connectivity index (χ1) is 6.88. The van der Waals surface area contributed by atoms with Gasteiger partial charge < -0.3 is 5.32 Å². The molecule has 0 bridgehead atoms. The summed E-state index contributed by atoms with van der Waals surface area (Å²) in [6.45, 7) is -0.00738. The van der Waals surface area contributed by atoms with E-state index in [2.05, 4.69) is 10.4 Å². The Morgan fingerprint density at radius 1 is 1.67 bits per heavy atom. The van der Waals surface area contributed by atoms with E-state index >= 15 is 0 Å². The maximum absolute atomic E-state index is 11.3. The number of carbonyl (C=O) groups excluding carboxylic acids is 1. The van der Waals surface area contributed by atoms with Gasteiger partial charge in [0.25, 0.3) is 5.91 Å². The number of amides is 1. The van der Waals surface area contributed by atoms with Gasteiger partial charge >= 0.3 is 0 Å². The molecule has 84 valence electrons. The van der Waals surface area contributed by atoms with Crippen molar-refractivity contribution in [1.29, 1.82) is 0 Å². The van der Waals surface area contributed by atoms with Crippen LogP contribution in [0.5, 0.6) is 0 Å². The summed E-state index contributed by atoms with van der Waals surface area (Å²) in [7, 11) is -1.85. The van der Waals surface area contributed by atoms with Crippen molar-refractivity contribution in [2.45, 2.75) is 0 Å². The van der Waals surface area contributed by atoms with Gasteiger partial charge in [0.15, 0.2) is 0 Å². The van der Waals surface area contributed by atoms with Crippen LogP contribution in [-0.2, 0) is 17.1 Å². The maximum atomic E-state index is 11.3. The van der Waals surface area contributed by atoms with Crippen molar-refractivity contribution in [2.75, 3.05) is 12.3 Å². The number of aryl methyl sites for hydroxylation is 1. The van der Waals surface area contributed by atoms with Crippen LogP contribution < -0.4 is 10.5 Å². The summed E-state index contributed by atoms with van der Waals surface area (Å²) in [5.41, 5.74) is 0.381. The Morgan fingerprint density at radius 3 is 2.80 bits per heavy atom. The molecule has 0 aliphatic carbocycles. The van der Waals surface area contributed by atoms with Crippen LogP contribution in [0, 0.1) is 0 Å². The molecule has 0 saturated carbocycles. The van der Waals surface area contributed by atoms with Crippen LogP contribution in [0.3, 0.4) is 0 Å². The average Bonchev–Trinajstić information content (AvgIpc) is 2.49. The second-order valence-corrected chi connectivity index (χ2v) is 4.76. The molecule has 1 amide bonds. The minimum atomic E-state index is -3.53. The minimum Gasteiger partial charge on any atom is -0.351 e. The van der Waals surface area contributed by atoms with Crippen molar-refractivity contribution in [3.8, 4) is 0 Å². The molecule has 0 spiro atoms. The zero-order chi connectivity index (χ0) is 11.5. The molecule has 0 aliphatic heterocycles. The maximum Gasteiger partial charge on any atom is 0.254 e. The number of sulfonamides is 1. The molecule has 1 rings (SSSR count). The summed E-state index contributed by atoms with van der Waals surface area (Å²) >= 11 is 0. The molecule has 8 heteroatoms. The third kappa shape index (κ3) is 4.09. The number of hydrogen-bond acceptors (Lipinski definition) is 4. The lowest BCUT2D eigenvalue weighted by atomic mass is 10.3. The number of carbonyl (C=O) groups is 1. The first-order valence-electron chi connectivity index (χ1n) is 4.16. The van der Waals surface area contributed by atoms with E-state index in [1.165, 1.54) is 17.1 Å². The highest BCUT2D eigenvalue weighted by Gasteiger charge is 2.08. The van der Waals surface area contributed by atoms with E-state index in [0.717, 1.165) is 0 Å². The Hall–Kier alpha value is -1.41. The predicted molar refractivity (Wildman–Crippen MR) is 53.5 cm³/mol. The summed E-state index contributed by atoms with van der Waals surface area (Å²) in [6.07, 6.45) is 2.93. The van der Waals surface area contributed by atoms with Gasteiger partial charge in [0.1, 0.15) is 0 Å². The molecule has 0 unspecified atom stereocenters. The standard InChI is InChI=1S/C7H12N4O3S/c1-11-5-6(4-10-11)7(12)9-2-3-15(8,13)14/h4-5H,2-3H2,1H3,(H,9,12)(H2,8,13,14). The predicted octanol–water partition coefficient (Wildman–Crippen LogP) is -1.56. The summed E-state index contributed by atoms with van der Waals surface area (Å²) in [6, 6.07) is 0. The molecule has 15 heavy (non-hydrogen) atoms. The number of nitrogens with one attached hydrogen (secondary N) is 1. The summed E-state index contributed by atoms with van der Waals surface area (Å²) in [4.78, 5) is 11.3. The van der Waals surface area contributed by atoms with Gasteiger partial charge in [0.2, 0.25) is 10.0 Å². The van der Waals surface area contributed by atoms with Gasteiger partial charge in [-0.2, -0.15) is 5.10 Å². The van der Waals surface area contributed by atoms with Crippen LogP contribution in [0.1, 0.15) is 10.4 Å². The van der Waals surface area contributed by atoms with Crippen LogP contribution in [-0.4, -0.2) is 36.4 Å². The van der Waals surface area contributed by atoms with Gasteiger partial charge in [0, 0.05) is 19.8 Å². The second-order valence-electron chi connectivity index (χ2n) is 3.03. The highest BCUT2D eigenvalue weighted by molar-refractivity contribution is 7.89. The van der Waals surface area contributed by atoms with Crippen molar-refractivity contribution < 1.29 is 13.2 Å². The Morgan fingerprint density at radius 2 is 2.33 bits per heavy atom. The van der Waals surface area contributed by atoms with Gasteiger partial charge in [-0.05, 0) is 0 Å². The second kappa shape index (κ2) is 4.41. The highest BCUT2D eigenvalue weighted by Crippen LogP contribution is 1.94. The largest absolute Gasteiger partial charge is 0.351 e. The molecular weight excluding hydrogens is 220 g/mol. The van der Waals surface area contributed by atoms with E-state index < -0.39 is 10.0 Å². The molecule has 1 aromatic rings. The number of primary sulfonamides is 1. The molecular formula is C7H12N4O3S. The van der Waals surface area contributed by atoms with Crippen LogP contribution in [0.4, 0.5) is 0 Å². The van der Waals surface area contributed by atoms with E-state index in [0.29, 0.717) is 5.56 Å².